The maximum atomic E-state index is 5.34. The second kappa shape index (κ2) is 10.3. The third kappa shape index (κ3) is 5.37. The van der Waals surface area contributed by atoms with Crippen molar-refractivity contribution in [1.29, 1.82) is 0 Å². The molecule has 1 aliphatic rings. The smallest absolute Gasteiger partial charge is 0.161 e. The second-order valence-electron chi connectivity index (χ2n) is 5.79. The van der Waals surface area contributed by atoms with Crippen LogP contribution in [0.3, 0.4) is 0 Å². The van der Waals surface area contributed by atoms with Crippen molar-refractivity contribution in [2.24, 2.45) is 16.2 Å². The molecule has 1 unspecified atom stereocenters. The molecule has 26 heavy (non-hydrogen) atoms. The summed E-state index contributed by atoms with van der Waals surface area (Å²) in [7, 11) is 6.35. The van der Waals surface area contributed by atoms with E-state index in [0.717, 1.165) is 36.2 Å². The summed E-state index contributed by atoms with van der Waals surface area (Å²) >= 11 is 0. The van der Waals surface area contributed by atoms with Crippen molar-refractivity contribution in [2.75, 3.05) is 28.4 Å². The van der Waals surface area contributed by atoms with E-state index >= 15 is 0 Å². The number of oxime groups is 2. The van der Waals surface area contributed by atoms with E-state index in [9.17, 15) is 0 Å². The first-order valence-electron chi connectivity index (χ1n) is 8.49. The molecule has 0 N–H and O–H groups in total. The number of ether oxygens (including phenoxy) is 2. The van der Waals surface area contributed by atoms with Crippen LogP contribution in [0.5, 0.6) is 11.5 Å². The van der Waals surface area contributed by atoms with Gasteiger partial charge in [0.05, 0.1) is 25.6 Å². The van der Waals surface area contributed by atoms with Crippen LogP contribution in [0.2, 0.25) is 0 Å². The zero-order chi connectivity index (χ0) is 18.8. The van der Waals surface area contributed by atoms with Crippen molar-refractivity contribution in [3.05, 3.63) is 42.0 Å². The van der Waals surface area contributed by atoms with E-state index in [-0.39, 0.29) is 5.92 Å². The van der Waals surface area contributed by atoms with Gasteiger partial charge in [-0.3, -0.25) is 0 Å². The van der Waals surface area contributed by atoms with Crippen molar-refractivity contribution >= 4 is 17.5 Å². The monoisotopic (exact) mass is 358 g/mol. The fourth-order valence-electron chi connectivity index (χ4n) is 2.86. The summed E-state index contributed by atoms with van der Waals surface area (Å²) in [5, 5.41) is 8.28. The molecular formula is C20H26N2O4. The fourth-order valence-corrected chi connectivity index (χ4v) is 2.86. The predicted octanol–water partition coefficient (Wildman–Crippen LogP) is 4.08. The van der Waals surface area contributed by atoms with Crippen LogP contribution in [-0.2, 0) is 9.68 Å². The quantitative estimate of drug-likeness (QED) is 0.519. The van der Waals surface area contributed by atoms with Gasteiger partial charge >= 0.3 is 0 Å². The summed E-state index contributed by atoms with van der Waals surface area (Å²) < 4.78 is 10.6. The van der Waals surface area contributed by atoms with E-state index in [1.807, 2.05) is 36.4 Å². The Morgan fingerprint density at radius 2 is 1.92 bits per heavy atom. The van der Waals surface area contributed by atoms with Gasteiger partial charge in [-0.05, 0) is 42.7 Å². The average Bonchev–Trinajstić information content (AvgIpc) is 2.67. The molecule has 0 fully saturated rings. The molecule has 0 aromatic heterocycles. The molecule has 140 valence electrons. The molecule has 1 atom stereocenters. The minimum Gasteiger partial charge on any atom is -0.493 e. The number of benzene rings is 1. The fraction of sp³-hybridized carbons (Fsp3) is 0.400. The molecule has 2 rings (SSSR count). The van der Waals surface area contributed by atoms with Crippen LogP contribution in [0.25, 0.3) is 6.08 Å². The number of nitrogens with zero attached hydrogens (tertiary/aromatic N) is 2. The van der Waals surface area contributed by atoms with Crippen LogP contribution in [0, 0.1) is 5.92 Å². The van der Waals surface area contributed by atoms with E-state index in [0.29, 0.717) is 11.5 Å². The Balaban J connectivity index is 2.15. The van der Waals surface area contributed by atoms with Gasteiger partial charge in [-0.15, -0.1) is 0 Å². The molecule has 6 nitrogen and oxygen atoms in total. The average molecular weight is 358 g/mol. The minimum atomic E-state index is 0.254. The molecule has 6 heteroatoms. The van der Waals surface area contributed by atoms with Gasteiger partial charge in [0.15, 0.2) is 11.5 Å². The molecule has 0 saturated heterocycles. The lowest BCUT2D eigenvalue weighted by molar-refractivity contribution is 0.209. The van der Waals surface area contributed by atoms with Crippen molar-refractivity contribution < 1.29 is 19.1 Å². The molecule has 1 aromatic rings. The first kappa shape index (κ1) is 19.6. The lowest BCUT2D eigenvalue weighted by Gasteiger charge is -2.19. The molecule has 0 heterocycles. The van der Waals surface area contributed by atoms with Gasteiger partial charge in [0.2, 0.25) is 0 Å². The lowest BCUT2D eigenvalue weighted by Crippen LogP contribution is -2.19. The van der Waals surface area contributed by atoms with Gasteiger partial charge in [-0.25, -0.2) is 0 Å². The number of hydrogen-bond acceptors (Lipinski definition) is 6. The zero-order valence-corrected chi connectivity index (χ0v) is 15.8. The Kier molecular flexibility index (Phi) is 7.74. The first-order chi connectivity index (χ1) is 12.7. The maximum absolute atomic E-state index is 5.34. The highest BCUT2D eigenvalue weighted by Crippen LogP contribution is 2.28. The number of hydrogen-bond donors (Lipinski definition) is 0. The number of methoxy groups -OCH3 is 2. The first-order valence-corrected chi connectivity index (χ1v) is 8.49. The highest BCUT2D eigenvalue weighted by Gasteiger charge is 2.19. The Bertz CT molecular complexity index is 708. The van der Waals surface area contributed by atoms with Gasteiger partial charge < -0.3 is 19.1 Å². The molecule has 0 aliphatic heterocycles. The van der Waals surface area contributed by atoms with Gasteiger partial charge in [0.25, 0.3) is 0 Å². The van der Waals surface area contributed by atoms with Crippen molar-refractivity contribution in [2.45, 2.75) is 19.3 Å². The Morgan fingerprint density at radius 1 is 1.12 bits per heavy atom. The van der Waals surface area contributed by atoms with E-state index in [4.69, 9.17) is 19.1 Å². The van der Waals surface area contributed by atoms with Crippen LogP contribution in [0.15, 0.2) is 46.7 Å². The van der Waals surface area contributed by atoms with Gasteiger partial charge in [0.1, 0.15) is 14.2 Å². The third-order valence-electron chi connectivity index (χ3n) is 4.13. The summed E-state index contributed by atoms with van der Waals surface area (Å²) in [6.45, 7) is 0. The molecular weight excluding hydrogens is 332 g/mol. The predicted molar refractivity (Wildman–Crippen MR) is 104 cm³/mol. The lowest BCUT2D eigenvalue weighted by atomic mass is 9.88. The highest BCUT2D eigenvalue weighted by atomic mass is 16.6. The molecule has 1 aromatic carbocycles. The largest absolute Gasteiger partial charge is 0.493 e. The van der Waals surface area contributed by atoms with E-state index in [2.05, 4.69) is 16.4 Å². The number of allylic oxidation sites excluding steroid dienone is 3. The molecule has 0 amide bonds. The minimum absolute atomic E-state index is 0.254. The van der Waals surface area contributed by atoms with E-state index in [1.165, 1.54) is 0 Å². The summed E-state index contributed by atoms with van der Waals surface area (Å²) in [5.41, 5.74) is 2.76. The van der Waals surface area contributed by atoms with Crippen LogP contribution in [0.1, 0.15) is 24.8 Å². The highest BCUT2D eigenvalue weighted by molar-refractivity contribution is 6.04. The van der Waals surface area contributed by atoms with E-state index in [1.54, 1.807) is 28.4 Å². The number of rotatable bonds is 8. The van der Waals surface area contributed by atoms with Crippen LogP contribution in [-0.4, -0.2) is 39.9 Å². The van der Waals surface area contributed by atoms with Gasteiger partial charge in [0, 0.05) is 12.3 Å². The Morgan fingerprint density at radius 3 is 2.62 bits per heavy atom. The van der Waals surface area contributed by atoms with Crippen molar-refractivity contribution in [3.63, 3.8) is 0 Å². The van der Waals surface area contributed by atoms with Gasteiger partial charge in [-0.1, -0.05) is 28.5 Å². The standard InChI is InChI=1S/C20H26N2O4/c1-23-19-12-10-15(13-20(19)24-2)9-11-17(21-25-3)14-16-7-5-6-8-18(16)22-26-4/h6,8-13,16H,5,7,14H2,1-4H3. The zero-order valence-electron chi connectivity index (χ0n) is 15.8. The second-order valence-corrected chi connectivity index (χ2v) is 5.79. The van der Waals surface area contributed by atoms with Crippen molar-refractivity contribution in [3.8, 4) is 11.5 Å². The molecule has 0 radical (unpaired) electrons. The van der Waals surface area contributed by atoms with Crippen LogP contribution in [0.4, 0.5) is 0 Å². The van der Waals surface area contributed by atoms with Crippen LogP contribution >= 0.6 is 0 Å². The van der Waals surface area contributed by atoms with Gasteiger partial charge in [-0.2, -0.15) is 0 Å². The summed E-state index contributed by atoms with van der Waals surface area (Å²) in [4.78, 5) is 9.97. The van der Waals surface area contributed by atoms with Crippen LogP contribution < -0.4 is 9.47 Å². The van der Waals surface area contributed by atoms with E-state index < -0.39 is 0 Å². The molecule has 1 aliphatic carbocycles. The topological polar surface area (TPSA) is 61.6 Å². The summed E-state index contributed by atoms with van der Waals surface area (Å²) in [6, 6.07) is 5.76. The molecule has 0 saturated carbocycles. The third-order valence-corrected chi connectivity index (χ3v) is 4.13. The van der Waals surface area contributed by atoms with Crippen molar-refractivity contribution in [1.82, 2.24) is 0 Å². The molecule has 0 bridgehead atoms. The Labute approximate surface area is 154 Å². The molecule has 0 spiro atoms. The summed E-state index contributed by atoms with van der Waals surface area (Å²) in [5.74, 6) is 1.64. The normalized spacial score (nSPS) is 19.0. The summed E-state index contributed by atoms with van der Waals surface area (Å²) in [6.07, 6.45) is 10.8. The maximum Gasteiger partial charge on any atom is 0.161 e. The Hall–Kier alpha value is -2.76. The SMILES string of the molecule is CON=C(C=Cc1ccc(OC)c(OC)c1)CC1CCC=CC1=NOC.